The second kappa shape index (κ2) is 8.23. The number of aliphatic hydroxyl groups is 1. The van der Waals surface area contributed by atoms with Crippen molar-refractivity contribution in [2.45, 2.75) is 26.1 Å². The number of halogens is 1. The summed E-state index contributed by atoms with van der Waals surface area (Å²) in [6.07, 6.45) is 0.179. The SMILES string of the molecule is CC1=NC=C(CCN2C(=O)c3ccc(OCc4ccc(F)cc4)cc3C2=O)C(=O)C1O. The normalized spacial score (nSPS) is 18.1. The molecular formula is C23H19FN2O5. The highest BCUT2D eigenvalue weighted by atomic mass is 19.1. The molecule has 2 aromatic rings. The van der Waals surface area contributed by atoms with Gasteiger partial charge in [0.1, 0.15) is 18.2 Å². The molecule has 2 aromatic carbocycles. The number of ketones is 1. The van der Waals surface area contributed by atoms with Crippen molar-refractivity contribution in [3.05, 3.63) is 76.7 Å². The lowest BCUT2D eigenvalue weighted by molar-refractivity contribution is -0.120. The number of hydrogen-bond donors (Lipinski definition) is 1. The molecular weight excluding hydrogens is 403 g/mol. The van der Waals surface area contributed by atoms with Crippen molar-refractivity contribution in [1.29, 1.82) is 0 Å². The topological polar surface area (TPSA) is 96.3 Å². The van der Waals surface area contributed by atoms with Gasteiger partial charge in [0, 0.05) is 18.3 Å². The third-order valence-electron chi connectivity index (χ3n) is 5.25. The molecule has 2 aliphatic heterocycles. The Bertz CT molecular complexity index is 1140. The second-order valence-corrected chi connectivity index (χ2v) is 7.33. The molecule has 1 N–H and O–H groups in total. The van der Waals surface area contributed by atoms with Crippen LogP contribution in [0.5, 0.6) is 5.75 Å². The van der Waals surface area contributed by atoms with Gasteiger partial charge in [-0.2, -0.15) is 0 Å². The van der Waals surface area contributed by atoms with Crippen LogP contribution in [0.3, 0.4) is 0 Å². The number of rotatable bonds is 6. The van der Waals surface area contributed by atoms with Crippen LogP contribution in [0.2, 0.25) is 0 Å². The van der Waals surface area contributed by atoms with Gasteiger partial charge in [0.2, 0.25) is 0 Å². The van der Waals surface area contributed by atoms with E-state index in [4.69, 9.17) is 4.74 Å². The number of Topliss-reactive ketones (excluding diaryl/α,β-unsaturated/α-hetero) is 1. The number of hydrogen-bond acceptors (Lipinski definition) is 6. The number of carbonyl (C=O) groups excluding carboxylic acids is 3. The monoisotopic (exact) mass is 422 g/mol. The standard InChI is InChI=1S/C23H19FN2O5/c1-13-20(27)21(28)15(11-25-13)8-9-26-22(29)18-7-6-17(10-19(18)23(26)30)31-12-14-2-4-16(24)5-3-14/h2-7,10-11,20,27H,8-9,12H2,1H3. The van der Waals surface area contributed by atoms with Crippen molar-refractivity contribution in [3.8, 4) is 5.75 Å². The first-order valence-electron chi connectivity index (χ1n) is 9.68. The second-order valence-electron chi connectivity index (χ2n) is 7.33. The zero-order valence-corrected chi connectivity index (χ0v) is 16.7. The zero-order valence-electron chi connectivity index (χ0n) is 16.7. The number of aliphatic imine (C=N–C) groups is 1. The third kappa shape index (κ3) is 4.02. The Labute approximate surface area is 177 Å². The van der Waals surface area contributed by atoms with Crippen molar-refractivity contribution in [2.75, 3.05) is 6.54 Å². The minimum absolute atomic E-state index is 0.00300. The van der Waals surface area contributed by atoms with Gasteiger partial charge in [-0.15, -0.1) is 0 Å². The minimum atomic E-state index is -1.29. The zero-order chi connectivity index (χ0) is 22.1. The van der Waals surface area contributed by atoms with Crippen LogP contribution in [0.4, 0.5) is 4.39 Å². The molecule has 7 nitrogen and oxygen atoms in total. The highest BCUT2D eigenvalue weighted by molar-refractivity contribution is 6.21. The van der Waals surface area contributed by atoms with Gasteiger partial charge in [-0.05, 0) is 49.2 Å². The van der Waals surface area contributed by atoms with Gasteiger partial charge < -0.3 is 9.84 Å². The Morgan fingerprint density at radius 3 is 2.52 bits per heavy atom. The van der Waals surface area contributed by atoms with E-state index < -0.39 is 23.7 Å². The number of amides is 2. The van der Waals surface area contributed by atoms with E-state index in [1.165, 1.54) is 30.5 Å². The first-order chi connectivity index (χ1) is 14.8. The van der Waals surface area contributed by atoms with E-state index >= 15 is 0 Å². The van der Waals surface area contributed by atoms with Crippen LogP contribution < -0.4 is 4.74 Å². The van der Waals surface area contributed by atoms with Crippen LogP contribution in [-0.4, -0.2) is 46.0 Å². The number of carbonyl (C=O) groups is 3. The maximum absolute atomic E-state index is 13.0. The fourth-order valence-electron chi connectivity index (χ4n) is 3.41. The third-order valence-corrected chi connectivity index (χ3v) is 5.25. The summed E-state index contributed by atoms with van der Waals surface area (Å²) in [5.74, 6) is -1.33. The first-order valence-corrected chi connectivity index (χ1v) is 9.68. The summed E-state index contributed by atoms with van der Waals surface area (Å²) in [5, 5.41) is 9.83. The van der Waals surface area contributed by atoms with E-state index in [-0.39, 0.29) is 42.1 Å². The van der Waals surface area contributed by atoms with E-state index in [0.717, 1.165) is 10.5 Å². The fraction of sp³-hybridized carbons (Fsp3) is 0.217. The van der Waals surface area contributed by atoms with Crippen LogP contribution in [0, 0.1) is 5.82 Å². The molecule has 0 radical (unpaired) electrons. The lowest BCUT2D eigenvalue weighted by Crippen LogP contribution is -2.35. The van der Waals surface area contributed by atoms with Gasteiger partial charge in [-0.1, -0.05) is 12.1 Å². The smallest absolute Gasteiger partial charge is 0.261 e. The van der Waals surface area contributed by atoms with Crippen LogP contribution >= 0.6 is 0 Å². The van der Waals surface area contributed by atoms with Gasteiger partial charge in [0.25, 0.3) is 11.8 Å². The Hall–Kier alpha value is -3.65. The maximum Gasteiger partial charge on any atom is 0.261 e. The molecule has 158 valence electrons. The highest BCUT2D eigenvalue weighted by Gasteiger charge is 2.36. The lowest BCUT2D eigenvalue weighted by atomic mass is 9.99. The fourth-order valence-corrected chi connectivity index (χ4v) is 3.41. The Morgan fingerprint density at radius 2 is 1.77 bits per heavy atom. The van der Waals surface area contributed by atoms with Crippen LogP contribution in [0.25, 0.3) is 0 Å². The molecule has 2 aliphatic rings. The number of ether oxygens (including phenoxy) is 1. The Morgan fingerprint density at radius 1 is 1.06 bits per heavy atom. The van der Waals surface area contributed by atoms with Gasteiger partial charge in [-0.25, -0.2) is 4.39 Å². The predicted octanol–water partition coefficient (Wildman–Crippen LogP) is 2.68. The summed E-state index contributed by atoms with van der Waals surface area (Å²) < 4.78 is 18.7. The predicted molar refractivity (Wildman–Crippen MR) is 109 cm³/mol. The minimum Gasteiger partial charge on any atom is -0.489 e. The van der Waals surface area contributed by atoms with Crippen molar-refractivity contribution in [1.82, 2.24) is 4.90 Å². The van der Waals surface area contributed by atoms with Gasteiger partial charge in [0.15, 0.2) is 11.9 Å². The average Bonchev–Trinajstić information content (AvgIpc) is 3.01. The molecule has 0 spiro atoms. The van der Waals surface area contributed by atoms with Crippen LogP contribution in [0.15, 0.2) is 59.2 Å². The van der Waals surface area contributed by atoms with E-state index in [2.05, 4.69) is 4.99 Å². The van der Waals surface area contributed by atoms with Crippen LogP contribution in [0.1, 0.15) is 39.6 Å². The molecule has 0 saturated heterocycles. The lowest BCUT2D eigenvalue weighted by Gasteiger charge is -2.18. The van der Waals surface area contributed by atoms with Crippen molar-refractivity contribution in [2.24, 2.45) is 4.99 Å². The largest absolute Gasteiger partial charge is 0.489 e. The quantitative estimate of drug-likeness (QED) is 0.722. The molecule has 8 heteroatoms. The molecule has 2 amide bonds. The summed E-state index contributed by atoms with van der Waals surface area (Å²) in [7, 11) is 0. The summed E-state index contributed by atoms with van der Waals surface area (Å²) in [4.78, 5) is 42.6. The number of aliphatic hydroxyl groups excluding tert-OH is 1. The number of benzene rings is 2. The summed E-state index contributed by atoms with van der Waals surface area (Å²) in [5.41, 5.74) is 1.81. The molecule has 0 bridgehead atoms. The van der Waals surface area contributed by atoms with E-state index in [0.29, 0.717) is 11.5 Å². The Balaban J connectivity index is 1.44. The first kappa shape index (κ1) is 20.6. The van der Waals surface area contributed by atoms with E-state index in [1.807, 2.05) is 0 Å². The number of nitrogens with zero attached hydrogens (tertiary/aromatic N) is 2. The summed E-state index contributed by atoms with van der Waals surface area (Å²) >= 11 is 0. The number of imide groups is 1. The summed E-state index contributed by atoms with van der Waals surface area (Å²) in [6, 6.07) is 10.5. The van der Waals surface area contributed by atoms with Crippen molar-refractivity contribution >= 4 is 23.3 Å². The van der Waals surface area contributed by atoms with E-state index in [9.17, 15) is 23.9 Å². The molecule has 1 atom stereocenters. The molecule has 0 aliphatic carbocycles. The van der Waals surface area contributed by atoms with Gasteiger partial charge in [0.05, 0.1) is 16.8 Å². The van der Waals surface area contributed by atoms with Crippen molar-refractivity contribution < 1.29 is 28.6 Å². The van der Waals surface area contributed by atoms with Gasteiger partial charge >= 0.3 is 0 Å². The molecule has 31 heavy (non-hydrogen) atoms. The average molecular weight is 422 g/mol. The molecule has 4 rings (SSSR count). The van der Waals surface area contributed by atoms with Crippen LogP contribution in [-0.2, 0) is 11.4 Å². The van der Waals surface area contributed by atoms with E-state index in [1.54, 1.807) is 25.1 Å². The molecule has 2 heterocycles. The van der Waals surface area contributed by atoms with Crippen molar-refractivity contribution in [3.63, 3.8) is 0 Å². The molecule has 0 fully saturated rings. The molecule has 1 unspecified atom stereocenters. The summed E-state index contributed by atoms with van der Waals surface area (Å²) in [6.45, 7) is 1.73. The van der Waals surface area contributed by atoms with Gasteiger partial charge in [-0.3, -0.25) is 24.3 Å². The number of fused-ring (bicyclic) bond motifs is 1. The maximum atomic E-state index is 13.0. The highest BCUT2D eigenvalue weighted by Crippen LogP contribution is 2.28. The molecule has 0 aromatic heterocycles. The molecule has 0 saturated carbocycles. The Kier molecular flexibility index (Phi) is 5.48.